The molecule has 0 aromatic carbocycles. The molecule has 0 bridgehead atoms. The molecule has 0 aromatic rings. The van der Waals surface area contributed by atoms with Crippen molar-refractivity contribution in [3.8, 4) is 0 Å². The van der Waals surface area contributed by atoms with Gasteiger partial charge in [-0.15, -0.1) is 0 Å². The predicted octanol–water partition coefficient (Wildman–Crippen LogP) is 1.50. The maximum absolute atomic E-state index is 11.8. The molecule has 0 radical (unpaired) electrons. The van der Waals surface area contributed by atoms with E-state index in [-0.39, 0.29) is 17.8 Å². The van der Waals surface area contributed by atoms with Crippen molar-refractivity contribution in [1.29, 1.82) is 0 Å². The molecule has 0 rings (SSSR count). The summed E-state index contributed by atoms with van der Waals surface area (Å²) >= 11 is 0. The first-order valence-corrected chi connectivity index (χ1v) is 7.25. The largest absolute Gasteiger partial charge is 0.396 e. The second-order valence-electron chi connectivity index (χ2n) is 6.09. The Morgan fingerprint density at radius 1 is 1.06 bits per heavy atom. The van der Waals surface area contributed by atoms with E-state index in [0.717, 1.165) is 0 Å². The fourth-order valence-electron chi connectivity index (χ4n) is 1.24. The average molecular weight is 251 g/mol. The van der Waals surface area contributed by atoms with Gasteiger partial charge in [0.2, 0.25) is 10.0 Å². The molecule has 98 valence electrons. The van der Waals surface area contributed by atoms with Gasteiger partial charge in [-0.3, -0.25) is 0 Å². The molecule has 5 heteroatoms. The molecule has 0 heterocycles. The second-order valence-corrected chi connectivity index (χ2v) is 7.93. The molecule has 0 spiro atoms. The first-order valence-electron chi connectivity index (χ1n) is 5.60. The van der Waals surface area contributed by atoms with Crippen LogP contribution in [-0.2, 0) is 10.0 Å². The first-order chi connectivity index (χ1) is 6.97. The number of aliphatic hydroxyl groups is 1. The van der Waals surface area contributed by atoms with E-state index in [2.05, 4.69) is 4.72 Å². The Kier molecular flexibility index (Phi) is 5.42. The SMILES string of the molecule is CC(C)(C)CCS(=O)(=O)NC(C)(C)CCO. The molecule has 16 heavy (non-hydrogen) atoms. The molecule has 4 nitrogen and oxygen atoms in total. The summed E-state index contributed by atoms with van der Waals surface area (Å²) in [6, 6.07) is 0. The monoisotopic (exact) mass is 251 g/mol. The van der Waals surface area contributed by atoms with Crippen molar-refractivity contribution in [3.05, 3.63) is 0 Å². The third-order valence-corrected chi connectivity index (χ3v) is 3.89. The number of sulfonamides is 1. The lowest BCUT2D eigenvalue weighted by molar-refractivity contribution is 0.245. The van der Waals surface area contributed by atoms with Gasteiger partial charge < -0.3 is 5.11 Å². The number of nitrogens with one attached hydrogen (secondary N) is 1. The fraction of sp³-hybridized carbons (Fsp3) is 1.00. The third-order valence-electron chi connectivity index (χ3n) is 2.29. The Hall–Kier alpha value is -0.130. The lowest BCUT2D eigenvalue weighted by atomic mass is 9.94. The van der Waals surface area contributed by atoms with Crippen LogP contribution in [0.4, 0.5) is 0 Å². The van der Waals surface area contributed by atoms with Gasteiger partial charge in [0, 0.05) is 12.1 Å². The van der Waals surface area contributed by atoms with Crippen LogP contribution in [0.15, 0.2) is 0 Å². The Balaban J connectivity index is 4.36. The molecule has 0 amide bonds. The van der Waals surface area contributed by atoms with E-state index in [4.69, 9.17) is 5.11 Å². The highest BCUT2D eigenvalue weighted by Gasteiger charge is 2.25. The van der Waals surface area contributed by atoms with Crippen LogP contribution in [0.3, 0.4) is 0 Å². The van der Waals surface area contributed by atoms with E-state index in [1.54, 1.807) is 13.8 Å². The summed E-state index contributed by atoms with van der Waals surface area (Å²) in [7, 11) is -3.26. The zero-order valence-electron chi connectivity index (χ0n) is 11.0. The Bertz CT molecular complexity index is 302. The molecule has 0 aliphatic carbocycles. The van der Waals surface area contributed by atoms with Gasteiger partial charge in [0.25, 0.3) is 0 Å². The van der Waals surface area contributed by atoms with Gasteiger partial charge in [0.15, 0.2) is 0 Å². The van der Waals surface area contributed by atoms with E-state index >= 15 is 0 Å². The zero-order valence-corrected chi connectivity index (χ0v) is 11.8. The summed E-state index contributed by atoms with van der Waals surface area (Å²) in [5.74, 6) is 0.130. The molecule has 0 aliphatic rings. The standard InChI is InChI=1S/C11H25NO3S/c1-10(2,3)7-9-16(14,15)12-11(4,5)6-8-13/h12-13H,6-9H2,1-5H3. The minimum atomic E-state index is -3.26. The van der Waals surface area contributed by atoms with Crippen LogP contribution in [0.5, 0.6) is 0 Å². The van der Waals surface area contributed by atoms with Crippen LogP contribution in [-0.4, -0.2) is 31.4 Å². The smallest absolute Gasteiger partial charge is 0.212 e. The van der Waals surface area contributed by atoms with Crippen LogP contribution in [0.2, 0.25) is 0 Å². The number of hydrogen-bond acceptors (Lipinski definition) is 3. The summed E-state index contributed by atoms with van der Waals surface area (Å²) in [5.41, 5.74) is -0.568. The van der Waals surface area contributed by atoms with E-state index in [9.17, 15) is 8.42 Å². The second kappa shape index (κ2) is 5.47. The highest BCUT2D eigenvalue weighted by Crippen LogP contribution is 2.20. The number of hydrogen-bond donors (Lipinski definition) is 2. The number of aliphatic hydroxyl groups excluding tert-OH is 1. The average Bonchev–Trinajstić information content (AvgIpc) is 1.97. The maximum Gasteiger partial charge on any atom is 0.212 e. The minimum absolute atomic E-state index is 0.00979. The van der Waals surface area contributed by atoms with Crippen molar-refractivity contribution in [3.63, 3.8) is 0 Å². The molecule has 0 atom stereocenters. The molecular weight excluding hydrogens is 226 g/mol. The van der Waals surface area contributed by atoms with E-state index < -0.39 is 15.6 Å². The molecule has 0 aliphatic heterocycles. The van der Waals surface area contributed by atoms with Crippen molar-refractivity contribution in [2.45, 2.75) is 53.0 Å². The Labute approximate surface area is 99.5 Å². The lowest BCUT2D eigenvalue weighted by Gasteiger charge is -2.26. The maximum atomic E-state index is 11.8. The molecule has 0 saturated carbocycles. The van der Waals surface area contributed by atoms with Gasteiger partial charge in [0.1, 0.15) is 0 Å². The van der Waals surface area contributed by atoms with Gasteiger partial charge in [0.05, 0.1) is 5.75 Å². The summed E-state index contributed by atoms with van der Waals surface area (Å²) < 4.78 is 26.2. The van der Waals surface area contributed by atoms with Gasteiger partial charge in [-0.05, 0) is 32.1 Å². The highest BCUT2D eigenvalue weighted by molar-refractivity contribution is 7.89. The van der Waals surface area contributed by atoms with Crippen LogP contribution in [0, 0.1) is 5.41 Å². The number of rotatable bonds is 6. The van der Waals surface area contributed by atoms with Crippen LogP contribution >= 0.6 is 0 Å². The molecule has 2 N–H and O–H groups in total. The van der Waals surface area contributed by atoms with Gasteiger partial charge in [-0.2, -0.15) is 0 Å². The summed E-state index contributed by atoms with van der Waals surface area (Å²) in [4.78, 5) is 0. The summed E-state index contributed by atoms with van der Waals surface area (Å²) in [5, 5.41) is 8.82. The topological polar surface area (TPSA) is 66.4 Å². The lowest BCUT2D eigenvalue weighted by Crippen LogP contribution is -2.45. The molecule has 0 aromatic heterocycles. The first kappa shape index (κ1) is 15.9. The quantitative estimate of drug-likeness (QED) is 0.752. The van der Waals surface area contributed by atoms with Crippen LogP contribution in [0.25, 0.3) is 0 Å². The van der Waals surface area contributed by atoms with Crippen molar-refractivity contribution < 1.29 is 13.5 Å². The third kappa shape index (κ3) is 8.07. The zero-order chi connectivity index (χ0) is 13.0. The van der Waals surface area contributed by atoms with Crippen LogP contribution < -0.4 is 4.72 Å². The van der Waals surface area contributed by atoms with Crippen molar-refractivity contribution in [2.24, 2.45) is 5.41 Å². The minimum Gasteiger partial charge on any atom is -0.396 e. The van der Waals surface area contributed by atoms with Crippen molar-refractivity contribution in [1.82, 2.24) is 4.72 Å². The molecule has 0 unspecified atom stereocenters. The van der Waals surface area contributed by atoms with E-state index in [1.807, 2.05) is 20.8 Å². The molecule has 0 saturated heterocycles. The summed E-state index contributed by atoms with van der Waals surface area (Å²) in [6.45, 7) is 9.58. The van der Waals surface area contributed by atoms with Crippen molar-refractivity contribution >= 4 is 10.0 Å². The predicted molar refractivity (Wildman–Crippen MR) is 66.8 cm³/mol. The normalized spacial score (nSPS) is 14.1. The van der Waals surface area contributed by atoms with Gasteiger partial charge in [-0.1, -0.05) is 20.8 Å². The Morgan fingerprint density at radius 3 is 1.94 bits per heavy atom. The van der Waals surface area contributed by atoms with Gasteiger partial charge >= 0.3 is 0 Å². The van der Waals surface area contributed by atoms with Gasteiger partial charge in [-0.25, -0.2) is 13.1 Å². The van der Waals surface area contributed by atoms with Crippen molar-refractivity contribution in [2.75, 3.05) is 12.4 Å². The van der Waals surface area contributed by atoms with E-state index in [0.29, 0.717) is 12.8 Å². The highest BCUT2D eigenvalue weighted by atomic mass is 32.2. The Morgan fingerprint density at radius 2 is 1.56 bits per heavy atom. The van der Waals surface area contributed by atoms with Crippen LogP contribution in [0.1, 0.15) is 47.5 Å². The fourth-order valence-corrected chi connectivity index (χ4v) is 3.17. The molecule has 0 fully saturated rings. The molecular formula is C11H25NO3S. The summed E-state index contributed by atoms with van der Waals surface area (Å²) in [6.07, 6.45) is 1.04. The van der Waals surface area contributed by atoms with E-state index in [1.165, 1.54) is 0 Å².